The summed E-state index contributed by atoms with van der Waals surface area (Å²) in [4.78, 5) is 0. The van der Waals surface area contributed by atoms with E-state index in [-0.39, 0.29) is 0 Å². The average molecular weight is 368 g/mol. The third kappa shape index (κ3) is 3.46. The van der Waals surface area contributed by atoms with Crippen LogP contribution < -0.4 is 0 Å². The van der Waals surface area contributed by atoms with Crippen molar-refractivity contribution in [3.8, 4) is 0 Å². The lowest BCUT2D eigenvalue weighted by molar-refractivity contribution is 0.769. The molecule has 0 bridgehead atoms. The summed E-state index contributed by atoms with van der Waals surface area (Å²) in [5, 5.41) is 0.994. The molecule has 2 aromatic carbocycles. The van der Waals surface area contributed by atoms with E-state index in [1.807, 2.05) is 0 Å². The molecule has 0 heterocycles. The van der Waals surface area contributed by atoms with Crippen molar-refractivity contribution in [3.63, 3.8) is 0 Å². The highest BCUT2D eigenvalue weighted by Gasteiger charge is 2.12. The fraction of sp³-hybridized carbons (Fsp3) is 0.250. The van der Waals surface area contributed by atoms with Crippen LogP contribution in [0.2, 0.25) is 0 Å². The fourth-order valence-corrected chi connectivity index (χ4v) is 3.04. The van der Waals surface area contributed by atoms with Crippen molar-refractivity contribution in [3.05, 3.63) is 69.7 Å². The summed E-state index contributed by atoms with van der Waals surface area (Å²) >= 11 is 7.13. The van der Waals surface area contributed by atoms with E-state index in [1.54, 1.807) is 0 Å². The van der Waals surface area contributed by atoms with Crippen LogP contribution in [0, 0.1) is 6.92 Å². The van der Waals surface area contributed by atoms with Crippen LogP contribution in [-0.4, -0.2) is 5.33 Å². The van der Waals surface area contributed by atoms with E-state index in [9.17, 15) is 0 Å². The minimum absolute atomic E-state index is 0.535. The molecule has 2 heteroatoms. The molecule has 0 radical (unpaired) electrons. The Labute approximate surface area is 126 Å². The second-order valence-corrected chi connectivity index (χ2v) is 6.10. The van der Waals surface area contributed by atoms with E-state index in [4.69, 9.17) is 0 Å². The minimum Gasteiger partial charge on any atom is -0.0921 e. The van der Waals surface area contributed by atoms with Gasteiger partial charge in [0.15, 0.2) is 0 Å². The Morgan fingerprint density at radius 3 is 2.28 bits per heavy atom. The molecule has 18 heavy (non-hydrogen) atoms. The molecule has 94 valence electrons. The van der Waals surface area contributed by atoms with Gasteiger partial charge in [-0.15, -0.1) is 0 Å². The maximum Gasteiger partial charge on any atom is 0.0175 e. The van der Waals surface area contributed by atoms with Crippen LogP contribution >= 0.6 is 31.9 Å². The molecule has 0 saturated carbocycles. The van der Waals surface area contributed by atoms with Crippen molar-refractivity contribution < 1.29 is 0 Å². The fourth-order valence-electron chi connectivity index (χ4n) is 2.20. The molecule has 2 rings (SSSR count). The van der Waals surface area contributed by atoms with E-state index >= 15 is 0 Å². The van der Waals surface area contributed by atoms with Crippen LogP contribution in [0.1, 0.15) is 22.6 Å². The van der Waals surface area contributed by atoms with Gasteiger partial charge in [0, 0.05) is 9.80 Å². The maximum atomic E-state index is 3.65. The third-order valence-corrected chi connectivity index (χ3v) is 4.52. The predicted octanol–water partition coefficient (Wildman–Crippen LogP) is 5.48. The van der Waals surface area contributed by atoms with Crippen molar-refractivity contribution >= 4 is 31.9 Å². The first kappa shape index (κ1) is 13.8. The SMILES string of the molecule is Cc1ccccc1C(CBr)Cc1ccc(Br)cc1. The molecular formula is C16H16Br2. The first-order valence-electron chi connectivity index (χ1n) is 6.06. The number of alkyl halides is 1. The Balaban J connectivity index is 2.20. The zero-order valence-electron chi connectivity index (χ0n) is 10.4. The predicted molar refractivity (Wildman–Crippen MR) is 85.6 cm³/mol. The van der Waals surface area contributed by atoms with Gasteiger partial charge in [0.2, 0.25) is 0 Å². The van der Waals surface area contributed by atoms with Gasteiger partial charge in [0.1, 0.15) is 0 Å². The molecule has 1 atom stereocenters. The number of rotatable bonds is 4. The van der Waals surface area contributed by atoms with Gasteiger partial charge in [-0.2, -0.15) is 0 Å². The van der Waals surface area contributed by atoms with Gasteiger partial charge >= 0.3 is 0 Å². The summed E-state index contributed by atoms with van der Waals surface area (Å²) < 4.78 is 1.14. The van der Waals surface area contributed by atoms with Gasteiger partial charge in [0.05, 0.1) is 0 Å². The van der Waals surface area contributed by atoms with Crippen molar-refractivity contribution in [2.75, 3.05) is 5.33 Å². The lowest BCUT2D eigenvalue weighted by Gasteiger charge is -2.17. The van der Waals surface area contributed by atoms with Gasteiger partial charge in [-0.05, 0) is 48.1 Å². The summed E-state index contributed by atoms with van der Waals surface area (Å²) in [7, 11) is 0. The molecule has 0 spiro atoms. The van der Waals surface area contributed by atoms with E-state index in [2.05, 4.69) is 87.3 Å². The standard InChI is InChI=1S/C16H16Br2/c1-12-4-2-3-5-16(12)14(11-17)10-13-6-8-15(18)9-7-13/h2-9,14H,10-11H2,1H3. The Bertz CT molecular complexity index is 503. The van der Waals surface area contributed by atoms with Gasteiger partial charge in [-0.3, -0.25) is 0 Å². The second-order valence-electron chi connectivity index (χ2n) is 4.54. The van der Waals surface area contributed by atoms with Crippen LogP contribution in [0.15, 0.2) is 53.0 Å². The topological polar surface area (TPSA) is 0 Å². The number of hydrogen-bond donors (Lipinski definition) is 0. The lowest BCUT2D eigenvalue weighted by atomic mass is 9.91. The highest BCUT2D eigenvalue weighted by atomic mass is 79.9. The Morgan fingerprint density at radius 2 is 1.67 bits per heavy atom. The van der Waals surface area contributed by atoms with Crippen molar-refractivity contribution in [1.82, 2.24) is 0 Å². The largest absolute Gasteiger partial charge is 0.0921 e. The normalized spacial score (nSPS) is 12.4. The maximum absolute atomic E-state index is 3.65. The first-order chi connectivity index (χ1) is 8.70. The molecule has 0 fully saturated rings. The molecule has 0 aromatic heterocycles. The number of hydrogen-bond acceptors (Lipinski definition) is 0. The molecule has 0 nitrogen and oxygen atoms in total. The van der Waals surface area contributed by atoms with Crippen LogP contribution in [-0.2, 0) is 6.42 Å². The Hall–Kier alpha value is -0.600. The lowest BCUT2D eigenvalue weighted by Crippen LogP contribution is -2.06. The molecule has 0 aliphatic rings. The zero-order chi connectivity index (χ0) is 13.0. The van der Waals surface area contributed by atoms with E-state index in [0.29, 0.717) is 5.92 Å². The molecule has 0 aliphatic carbocycles. The minimum atomic E-state index is 0.535. The summed E-state index contributed by atoms with van der Waals surface area (Å²) in [6.07, 6.45) is 1.07. The van der Waals surface area contributed by atoms with Crippen LogP contribution in [0.3, 0.4) is 0 Å². The quantitative estimate of drug-likeness (QED) is 0.627. The molecule has 0 N–H and O–H groups in total. The van der Waals surface area contributed by atoms with Gasteiger partial charge in [0.25, 0.3) is 0 Å². The van der Waals surface area contributed by atoms with Gasteiger partial charge in [-0.25, -0.2) is 0 Å². The van der Waals surface area contributed by atoms with Gasteiger partial charge < -0.3 is 0 Å². The highest BCUT2D eigenvalue weighted by Crippen LogP contribution is 2.26. The number of halogens is 2. The van der Waals surface area contributed by atoms with Crippen molar-refractivity contribution in [1.29, 1.82) is 0 Å². The van der Waals surface area contributed by atoms with Crippen LogP contribution in [0.5, 0.6) is 0 Å². The van der Waals surface area contributed by atoms with E-state index in [1.165, 1.54) is 16.7 Å². The van der Waals surface area contributed by atoms with Crippen LogP contribution in [0.4, 0.5) is 0 Å². The summed E-state index contributed by atoms with van der Waals surface area (Å²) in [6.45, 7) is 2.19. The summed E-state index contributed by atoms with van der Waals surface area (Å²) in [6, 6.07) is 17.3. The van der Waals surface area contributed by atoms with Crippen molar-refractivity contribution in [2.45, 2.75) is 19.3 Å². The Kier molecular flexibility index (Phi) is 5.02. The molecule has 0 aliphatic heterocycles. The van der Waals surface area contributed by atoms with E-state index < -0.39 is 0 Å². The average Bonchev–Trinajstić information content (AvgIpc) is 2.39. The number of benzene rings is 2. The van der Waals surface area contributed by atoms with Crippen molar-refractivity contribution in [2.24, 2.45) is 0 Å². The monoisotopic (exact) mass is 366 g/mol. The highest BCUT2D eigenvalue weighted by molar-refractivity contribution is 9.10. The Morgan fingerprint density at radius 1 is 1.00 bits per heavy atom. The molecular weight excluding hydrogens is 352 g/mol. The first-order valence-corrected chi connectivity index (χ1v) is 7.98. The second kappa shape index (κ2) is 6.53. The number of aryl methyl sites for hydroxylation is 1. The van der Waals surface area contributed by atoms with Gasteiger partial charge in [-0.1, -0.05) is 68.3 Å². The molecule has 0 amide bonds. The summed E-state index contributed by atoms with van der Waals surface area (Å²) in [5.41, 5.74) is 4.20. The van der Waals surface area contributed by atoms with Crippen LogP contribution in [0.25, 0.3) is 0 Å². The zero-order valence-corrected chi connectivity index (χ0v) is 13.5. The molecule has 2 aromatic rings. The molecule has 0 saturated heterocycles. The smallest absolute Gasteiger partial charge is 0.0175 e. The molecule has 1 unspecified atom stereocenters. The summed E-state index contributed by atoms with van der Waals surface area (Å²) in [5.74, 6) is 0.535. The van der Waals surface area contributed by atoms with E-state index in [0.717, 1.165) is 16.2 Å². The third-order valence-electron chi connectivity index (χ3n) is 3.21.